The van der Waals surface area contributed by atoms with Crippen LogP contribution in [0, 0.1) is 0 Å². The molecule has 5 nitrogen and oxygen atoms in total. The van der Waals surface area contributed by atoms with Crippen LogP contribution in [0.4, 0.5) is 13.2 Å². The van der Waals surface area contributed by atoms with Crippen molar-refractivity contribution in [3.63, 3.8) is 0 Å². The van der Waals surface area contributed by atoms with Gasteiger partial charge in [0.1, 0.15) is 5.75 Å². The van der Waals surface area contributed by atoms with Crippen LogP contribution in [0.3, 0.4) is 0 Å². The van der Waals surface area contributed by atoms with Gasteiger partial charge in [-0.3, -0.25) is 9.59 Å². The lowest BCUT2D eigenvalue weighted by Gasteiger charge is -2.06. The molecule has 4 N–H and O–H groups in total. The minimum absolute atomic E-state index is 0. The van der Waals surface area contributed by atoms with Gasteiger partial charge >= 0.3 is 12.1 Å². The highest BCUT2D eigenvalue weighted by molar-refractivity contribution is 6.07. The molecule has 8 heteroatoms. The van der Waals surface area contributed by atoms with E-state index in [9.17, 15) is 27.9 Å². The summed E-state index contributed by atoms with van der Waals surface area (Å²) in [6, 6.07) is 8.12. The van der Waals surface area contributed by atoms with E-state index in [-0.39, 0.29) is 22.4 Å². The standard InChI is InChI=1S/C18H13F3O4.H2O/c19-18(20,21)14-5-1-11(2-6-14)3-7-15(22)12-4-8-16(23)13(9-12)10-17(24)25;/h1-9,23H,10H2,(H,24,25);1H2/b7-3+;. The van der Waals surface area contributed by atoms with E-state index in [1.807, 2.05) is 0 Å². The first-order valence-corrected chi connectivity index (χ1v) is 7.10. The number of aromatic hydroxyl groups is 1. The summed E-state index contributed by atoms with van der Waals surface area (Å²) in [4.78, 5) is 22.8. The number of aliphatic carboxylic acids is 1. The third-order valence-electron chi connectivity index (χ3n) is 3.37. The molecule has 0 aliphatic heterocycles. The van der Waals surface area contributed by atoms with Crippen LogP contribution in [0.2, 0.25) is 0 Å². The fourth-order valence-corrected chi connectivity index (χ4v) is 2.09. The number of ketones is 1. The maximum Gasteiger partial charge on any atom is 0.416 e. The first kappa shape index (κ1) is 20.9. The Morgan fingerprint density at radius 1 is 1.04 bits per heavy atom. The van der Waals surface area contributed by atoms with Crippen molar-refractivity contribution in [2.24, 2.45) is 0 Å². The molecule has 2 aromatic rings. The molecular weight excluding hydrogens is 353 g/mol. The Bertz CT molecular complexity index is 824. The van der Waals surface area contributed by atoms with Crippen molar-refractivity contribution in [3.05, 3.63) is 70.8 Å². The Hall–Kier alpha value is -3.13. The van der Waals surface area contributed by atoms with Crippen molar-refractivity contribution in [2.45, 2.75) is 12.6 Å². The van der Waals surface area contributed by atoms with Gasteiger partial charge in [-0.15, -0.1) is 0 Å². The summed E-state index contributed by atoms with van der Waals surface area (Å²) in [5.74, 6) is -1.85. The first-order chi connectivity index (χ1) is 11.7. The van der Waals surface area contributed by atoms with E-state index in [1.54, 1.807) is 0 Å². The smallest absolute Gasteiger partial charge is 0.416 e. The molecule has 0 fully saturated rings. The van der Waals surface area contributed by atoms with Gasteiger partial charge in [-0.2, -0.15) is 13.2 Å². The lowest BCUT2D eigenvalue weighted by Crippen LogP contribution is -2.04. The zero-order chi connectivity index (χ0) is 18.6. The Morgan fingerprint density at radius 2 is 1.65 bits per heavy atom. The van der Waals surface area contributed by atoms with E-state index in [0.717, 1.165) is 12.1 Å². The second-order valence-corrected chi connectivity index (χ2v) is 5.23. The molecule has 0 amide bonds. The minimum Gasteiger partial charge on any atom is -0.508 e. The average Bonchev–Trinajstić information content (AvgIpc) is 2.54. The monoisotopic (exact) mass is 368 g/mol. The summed E-state index contributed by atoms with van der Waals surface area (Å²) < 4.78 is 37.4. The fourth-order valence-electron chi connectivity index (χ4n) is 2.09. The molecule has 0 saturated carbocycles. The molecular formula is C18H15F3O5. The van der Waals surface area contributed by atoms with Crippen molar-refractivity contribution < 1.29 is 38.4 Å². The predicted molar refractivity (Wildman–Crippen MR) is 87.9 cm³/mol. The summed E-state index contributed by atoms with van der Waals surface area (Å²) in [6.07, 6.45) is -2.34. The first-order valence-electron chi connectivity index (χ1n) is 7.10. The number of hydrogen-bond acceptors (Lipinski definition) is 3. The molecule has 0 saturated heterocycles. The summed E-state index contributed by atoms with van der Waals surface area (Å²) in [7, 11) is 0. The lowest BCUT2D eigenvalue weighted by atomic mass is 10.0. The third-order valence-corrected chi connectivity index (χ3v) is 3.37. The van der Waals surface area contributed by atoms with Crippen LogP contribution in [0.5, 0.6) is 5.75 Å². The highest BCUT2D eigenvalue weighted by atomic mass is 19.4. The number of allylic oxidation sites excluding steroid dienone is 1. The van der Waals surface area contributed by atoms with Crippen molar-refractivity contribution in [2.75, 3.05) is 0 Å². The van der Waals surface area contributed by atoms with Crippen molar-refractivity contribution in [3.8, 4) is 5.75 Å². The highest BCUT2D eigenvalue weighted by Crippen LogP contribution is 2.29. The SMILES string of the molecule is O.O=C(O)Cc1cc(C(=O)/C=C/c2ccc(C(F)(F)F)cc2)ccc1O. The van der Waals surface area contributed by atoms with Gasteiger partial charge in [-0.1, -0.05) is 18.2 Å². The van der Waals surface area contributed by atoms with Crippen LogP contribution >= 0.6 is 0 Å². The predicted octanol–water partition coefficient (Wildman–Crippen LogP) is 3.11. The average molecular weight is 368 g/mol. The molecule has 138 valence electrons. The van der Waals surface area contributed by atoms with E-state index in [1.165, 1.54) is 42.5 Å². The molecule has 0 unspecified atom stereocenters. The minimum atomic E-state index is -4.43. The number of benzene rings is 2. The number of carboxylic acids is 1. The van der Waals surface area contributed by atoms with Crippen molar-refractivity contribution >= 4 is 17.8 Å². The Kier molecular flexibility index (Phi) is 6.68. The quantitative estimate of drug-likeness (QED) is 0.625. The number of alkyl halides is 3. The van der Waals surface area contributed by atoms with Gasteiger partial charge in [0, 0.05) is 11.1 Å². The molecule has 2 rings (SSSR count). The van der Waals surface area contributed by atoms with E-state index < -0.39 is 29.9 Å². The topological polar surface area (TPSA) is 106 Å². The number of carboxylic acid groups (broad SMARTS) is 1. The summed E-state index contributed by atoms with van der Waals surface area (Å²) >= 11 is 0. The maximum atomic E-state index is 12.5. The molecule has 0 heterocycles. The van der Waals surface area contributed by atoms with E-state index >= 15 is 0 Å². The molecule has 0 spiro atoms. The number of halogens is 3. The molecule has 0 atom stereocenters. The van der Waals surface area contributed by atoms with Crippen LogP contribution < -0.4 is 0 Å². The number of phenolic OH excluding ortho intramolecular Hbond substituents is 1. The zero-order valence-corrected chi connectivity index (χ0v) is 13.2. The zero-order valence-electron chi connectivity index (χ0n) is 13.2. The second-order valence-electron chi connectivity index (χ2n) is 5.23. The van der Waals surface area contributed by atoms with Crippen LogP contribution in [0.25, 0.3) is 6.08 Å². The van der Waals surface area contributed by atoms with E-state index in [0.29, 0.717) is 5.56 Å². The van der Waals surface area contributed by atoms with Gasteiger partial charge in [0.25, 0.3) is 0 Å². The van der Waals surface area contributed by atoms with Crippen LogP contribution in [0.15, 0.2) is 48.5 Å². The summed E-state index contributed by atoms with van der Waals surface area (Å²) in [6.45, 7) is 0. The molecule has 0 aliphatic carbocycles. The molecule has 0 aromatic heterocycles. The van der Waals surface area contributed by atoms with Crippen LogP contribution in [-0.2, 0) is 17.4 Å². The fraction of sp³-hybridized carbons (Fsp3) is 0.111. The maximum absolute atomic E-state index is 12.5. The van der Waals surface area contributed by atoms with Gasteiger partial charge < -0.3 is 15.7 Å². The Labute approximate surface area is 146 Å². The van der Waals surface area contributed by atoms with Gasteiger partial charge in [-0.05, 0) is 42.0 Å². The highest BCUT2D eigenvalue weighted by Gasteiger charge is 2.29. The van der Waals surface area contributed by atoms with Crippen LogP contribution in [0.1, 0.15) is 27.0 Å². The number of rotatable bonds is 5. The lowest BCUT2D eigenvalue weighted by molar-refractivity contribution is -0.138. The third kappa shape index (κ3) is 5.45. The number of carbonyl (C=O) groups is 2. The number of carbonyl (C=O) groups excluding carboxylic acids is 1. The van der Waals surface area contributed by atoms with E-state index in [4.69, 9.17) is 5.11 Å². The number of phenols is 1. The summed E-state index contributed by atoms with van der Waals surface area (Å²) in [5, 5.41) is 18.3. The van der Waals surface area contributed by atoms with Crippen LogP contribution in [-0.4, -0.2) is 27.4 Å². The molecule has 0 bridgehead atoms. The van der Waals surface area contributed by atoms with Gasteiger partial charge in [0.15, 0.2) is 5.78 Å². The van der Waals surface area contributed by atoms with Crippen molar-refractivity contribution in [1.82, 2.24) is 0 Å². The largest absolute Gasteiger partial charge is 0.508 e. The van der Waals surface area contributed by atoms with Crippen molar-refractivity contribution in [1.29, 1.82) is 0 Å². The molecule has 2 aromatic carbocycles. The van der Waals surface area contributed by atoms with Gasteiger partial charge in [0.05, 0.1) is 12.0 Å². The normalized spacial score (nSPS) is 11.2. The van der Waals surface area contributed by atoms with Gasteiger partial charge in [-0.25, -0.2) is 0 Å². The Morgan fingerprint density at radius 3 is 2.19 bits per heavy atom. The van der Waals surface area contributed by atoms with E-state index in [2.05, 4.69) is 0 Å². The molecule has 0 radical (unpaired) electrons. The summed E-state index contributed by atoms with van der Waals surface area (Å²) in [5.41, 5.74) is -0.114. The molecule has 26 heavy (non-hydrogen) atoms. The second kappa shape index (κ2) is 8.30. The van der Waals surface area contributed by atoms with Gasteiger partial charge in [0.2, 0.25) is 0 Å². The molecule has 0 aliphatic rings. The Balaban J connectivity index is 0.00000338. The number of hydrogen-bond donors (Lipinski definition) is 2.